The summed E-state index contributed by atoms with van der Waals surface area (Å²) in [6.45, 7) is 0. The van der Waals surface area contributed by atoms with Crippen molar-refractivity contribution in [3.05, 3.63) is 79.0 Å². The first-order valence-electron chi connectivity index (χ1n) is 8.87. The lowest BCUT2D eigenvalue weighted by atomic mass is 10.1. The van der Waals surface area contributed by atoms with Crippen LogP contribution in [0.25, 0.3) is 32.6 Å². The summed E-state index contributed by atoms with van der Waals surface area (Å²) in [6, 6.07) is 24.9. The van der Waals surface area contributed by atoms with Crippen LogP contribution < -0.4 is 4.90 Å². The largest absolute Gasteiger partial charge is 0.283 e. The van der Waals surface area contributed by atoms with E-state index in [0.29, 0.717) is 0 Å². The van der Waals surface area contributed by atoms with Crippen LogP contribution in [0.5, 0.6) is 0 Å². The maximum Gasteiger partial charge on any atom is 0.157 e. The molecule has 5 aromatic rings. The van der Waals surface area contributed by atoms with Crippen LogP contribution in [-0.4, -0.2) is 16.3 Å². The van der Waals surface area contributed by atoms with Gasteiger partial charge in [0.15, 0.2) is 5.82 Å². The van der Waals surface area contributed by atoms with Crippen molar-refractivity contribution in [2.75, 3.05) is 4.90 Å². The predicted octanol–water partition coefficient (Wildman–Crippen LogP) is 5.75. The molecule has 0 amide bonds. The van der Waals surface area contributed by atoms with Gasteiger partial charge in [-0.3, -0.25) is 9.88 Å². The third-order valence-electron chi connectivity index (χ3n) is 5.08. The van der Waals surface area contributed by atoms with Gasteiger partial charge in [0.1, 0.15) is 6.34 Å². The van der Waals surface area contributed by atoms with Crippen LogP contribution in [0, 0.1) is 0 Å². The van der Waals surface area contributed by atoms with E-state index in [1.165, 1.54) is 10.8 Å². The molecule has 27 heavy (non-hydrogen) atoms. The summed E-state index contributed by atoms with van der Waals surface area (Å²) in [5.41, 5.74) is 3.84. The van der Waals surface area contributed by atoms with Crippen molar-refractivity contribution >= 4 is 56.1 Å². The fourth-order valence-electron chi connectivity index (χ4n) is 3.78. The monoisotopic (exact) mass is 346 g/mol. The van der Waals surface area contributed by atoms with Crippen LogP contribution >= 0.6 is 0 Å². The Bertz CT molecular complexity index is 1380. The summed E-state index contributed by atoms with van der Waals surface area (Å²) in [4.78, 5) is 16.2. The number of benzene rings is 4. The van der Waals surface area contributed by atoms with E-state index in [1.54, 1.807) is 0 Å². The van der Waals surface area contributed by atoms with Gasteiger partial charge in [0.2, 0.25) is 0 Å². The second-order valence-corrected chi connectivity index (χ2v) is 6.68. The van der Waals surface area contributed by atoms with Crippen LogP contribution in [0.15, 0.2) is 84.0 Å². The molecule has 0 fully saturated rings. The number of aliphatic imine (C=N–C) groups is 1. The van der Waals surface area contributed by atoms with Crippen molar-refractivity contribution in [3.63, 3.8) is 0 Å². The molecule has 0 spiro atoms. The highest BCUT2D eigenvalue weighted by Crippen LogP contribution is 2.39. The lowest BCUT2D eigenvalue weighted by Crippen LogP contribution is -2.18. The minimum absolute atomic E-state index is 0.767. The first kappa shape index (κ1) is 14.4. The van der Waals surface area contributed by atoms with Gasteiger partial charge < -0.3 is 0 Å². The number of rotatable bonds is 1. The molecule has 126 valence electrons. The lowest BCUT2D eigenvalue weighted by molar-refractivity contribution is 1.21. The van der Waals surface area contributed by atoms with Crippen LogP contribution in [-0.2, 0) is 0 Å². The topological polar surface area (TPSA) is 41.4 Å². The van der Waals surface area contributed by atoms with Crippen molar-refractivity contribution < 1.29 is 0 Å². The maximum absolute atomic E-state index is 4.88. The Labute approximate surface area is 155 Å². The van der Waals surface area contributed by atoms with Gasteiger partial charge >= 0.3 is 0 Å². The van der Waals surface area contributed by atoms with Gasteiger partial charge in [0.05, 0.1) is 28.6 Å². The molecule has 4 nitrogen and oxygen atoms in total. The Hall–Kier alpha value is -3.79. The van der Waals surface area contributed by atoms with E-state index in [2.05, 4.69) is 58.5 Å². The Kier molecular flexibility index (Phi) is 2.85. The van der Waals surface area contributed by atoms with Gasteiger partial charge in [-0.25, -0.2) is 9.98 Å². The minimum atomic E-state index is 0.767. The van der Waals surface area contributed by atoms with Gasteiger partial charge in [-0.05, 0) is 40.4 Å². The molecule has 0 saturated heterocycles. The zero-order chi connectivity index (χ0) is 17.8. The van der Waals surface area contributed by atoms with Gasteiger partial charge in [-0.2, -0.15) is 0 Å². The third kappa shape index (κ3) is 2.13. The SMILES string of the molecule is C1=Nc2cccc3cccc(c23)N1c1cnc2cc3ccccc3cc2n1. The summed E-state index contributed by atoms with van der Waals surface area (Å²) < 4.78 is 0. The second kappa shape index (κ2) is 5.35. The van der Waals surface area contributed by atoms with Crippen LogP contribution in [0.2, 0.25) is 0 Å². The molecule has 1 aliphatic rings. The molecular formula is C23H14N4. The summed E-state index contributed by atoms with van der Waals surface area (Å²) >= 11 is 0. The normalized spacial score (nSPS) is 13.0. The van der Waals surface area contributed by atoms with Crippen molar-refractivity contribution in [2.24, 2.45) is 4.99 Å². The Balaban J connectivity index is 1.57. The van der Waals surface area contributed by atoms with E-state index in [9.17, 15) is 0 Å². The molecule has 4 heteroatoms. The van der Waals surface area contributed by atoms with Crippen LogP contribution in [0.1, 0.15) is 0 Å². The molecule has 6 rings (SSSR count). The average Bonchev–Trinajstić information content (AvgIpc) is 2.72. The van der Waals surface area contributed by atoms with E-state index in [4.69, 9.17) is 4.98 Å². The number of fused-ring (bicyclic) bond motifs is 2. The van der Waals surface area contributed by atoms with E-state index >= 15 is 0 Å². The quantitative estimate of drug-likeness (QED) is 0.363. The standard InChI is InChI=1S/C23H14N4/c1-2-6-17-12-20-19(11-16(17)5-1)24-13-22(26-20)27-14-25-18-9-3-7-15-8-4-10-21(27)23(15)18/h1-14H. The van der Waals surface area contributed by atoms with E-state index in [-0.39, 0.29) is 0 Å². The zero-order valence-corrected chi connectivity index (χ0v) is 14.4. The molecular weight excluding hydrogens is 332 g/mol. The average molecular weight is 346 g/mol. The van der Waals surface area contributed by atoms with Crippen LogP contribution in [0.4, 0.5) is 17.2 Å². The lowest BCUT2D eigenvalue weighted by Gasteiger charge is -2.24. The summed E-state index contributed by atoms with van der Waals surface area (Å²) in [6.07, 6.45) is 3.64. The van der Waals surface area contributed by atoms with Crippen molar-refractivity contribution in [1.82, 2.24) is 9.97 Å². The van der Waals surface area contributed by atoms with Crippen LogP contribution in [0.3, 0.4) is 0 Å². The predicted molar refractivity (Wildman–Crippen MR) is 111 cm³/mol. The van der Waals surface area contributed by atoms with Crippen molar-refractivity contribution in [3.8, 4) is 0 Å². The summed E-state index contributed by atoms with van der Waals surface area (Å²) in [5.74, 6) is 0.767. The first-order valence-corrected chi connectivity index (χ1v) is 8.87. The zero-order valence-electron chi connectivity index (χ0n) is 14.4. The van der Waals surface area contributed by atoms with Crippen molar-refractivity contribution in [1.29, 1.82) is 0 Å². The summed E-state index contributed by atoms with van der Waals surface area (Å²) in [7, 11) is 0. The van der Waals surface area contributed by atoms with E-state index < -0.39 is 0 Å². The molecule has 1 aliphatic heterocycles. The fraction of sp³-hybridized carbons (Fsp3) is 0. The van der Waals surface area contributed by atoms with Gasteiger partial charge in [0, 0.05) is 5.39 Å². The number of nitrogens with zero attached hydrogens (tertiary/aromatic N) is 4. The number of anilines is 2. The van der Waals surface area contributed by atoms with Gasteiger partial charge in [-0.1, -0.05) is 48.5 Å². The van der Waals surface area contributed by atoms with Crippen molar-refractivity contribution in [2.45, 2.75) is 0 Å². The fourth-order valence-corrected chi connectivity index (χ4v) is 3.78. The number of hydrogen-bond acceptors (Lipinski definition) is 4. The minimum Gasteiger partial charge on any atom is -0.283 e. The Morgan fingerprint density at radius 2 is 1.44 bits per heavy atom. The van der Waals surface area contributed by atoms with Gasteiger partial charge in [-0.15, -0.1) is 0 Å². The number of aromatic nitrogens is 2. The highest BCUT2D eigenvalue weighted by Gasteiger charge is 2.18. The van der Waals surface area contributed by atoms with Gasteiger partial charge in [0.25, 0.3) is 0 Å². The van der Waals surface area contributed by atoms with E-state index in [1.807, 2.05) is 41.7 Å². The second-order valence-electron chi connectivity index (χ2n) is 6.68. The molecule has 0 unspecified atom stereocenters. The molecule has 0 bridgehead atoms. The highest BCUT2D eigenvalue weighted by molar-refractivity contribution is 6.11. The highest BCUT2D eigenvalue weighted by atomic mass is 15.2. The van der Waals surface area contributed by atoms with E-state index in [0.717, 1.165) is 39.0 Å². The Morgan fingerprint density at radius 1 is 0.704 bits per heavy atom. The smallest absolute Gasteiger partial charge is 0.157 e. The summed E-state index contributed by atoms with van der Waals surface area (Å²) in [5, 5.41) is 4.65. The molecule has 0 aliphatic carbocycles. The molecule has 0 N–H and O–H groups in total. The molecule has 1 aromatic heterocycles. The first-order chi connectivity index (χ1) is 13.4. The maximum atomic E-state index is 4.88. The Morgan fingerprint density at radius 3 is 2.30 bits per heavy atom. The third-order valence-corrected chi connectivity index (χ3v) is 5.08. The molecule has 0 atom stereocenters. The number of hydrogen-bond donors (Lipinski definition) is 0. The molecule has 0 radical (unpaired) electrons. The molecule has 4 aromatic carbocycles. The molecule has 0 saturated carbocycles. The molecule has 2 heterocycles.